The number of likely N-dealkylation sites (tertiary alicyclic amines) is 1. The van der Waals surface area contributed by atoms with Crippen molar-refractivity contribution >= 4 is 5.91 Å². The highest BCUT2D eigenvalue weighted by Gasteiger charge is 2.35. The van der Waals surface area contributed by atoms with E-state index in [0.717, 1.165) is 25.8 Å². The van der Waals surface area contributed by atoms with Gasteiger partial charge in [0.2, 0.25) is 5.91 Å². The van der Waals surface area contributed by atoms with Gasteiger partial charge in [-0.15, -0.1) is 0 Å². The molecule has 22 heavy (non-hydrogen) atoms. The van der Waals surface area contributed by atoms with Crippen molar-refractivity contribution in [2.24, 2.45) is 11.7 Å². The van der Waals surface area contributed by atoms with E-state index < -0.39 is 0 Å². The highest BCUT2D eigenvalue weighted by atomic mass is 16.2. The third kappa shape index (κ3) is 3.05. The molecule has 1 aliphatic carbocycles. The Morgan fingerprint density at radius 1 is 1.32 bits per heavy atom. The first kappa shape index (κ1) is 15.5. The zero-order valence-electron chi connectivity index (χ0n) is 13.8. The fraction of sp³-hybridized carbons (Fsp3) is 0.632. The molecule has 1 aliphatic heterocycles. The van der Waals surface area contributed by atoms with Gasteiger partial charge in [0.05, 0.1) is 0 Å². The largest absolute Gasteiger partial charge is 0.339 e. The molecular weight excluding hydrogens is 272 g/mol. The van der Waals surface area contributed by atoms with Crippen molar-refractivity contribution in [3.63, 3.8) is 0 Å². The summed E-state index contributed by atoms with van der Waals surface area (Å²) >= 11 is 0. The molecule has 0 spiro atoms. The first-order valence-electron chi connectivity index (χ1n) is 8.67. The van der Waals surface area contributed by atoms with Gasteiger partial charge >= 0.3 is 0 Å². The van der Waals surface area contributed by atoms with E-state index in [0.29, 0.717) is 30.2 Å². The number of hydrogen-bond donors (Lipinski definition) is 1. The molecule has 3 rings (SSSR count). The molecule has 0 radical (unpaired) electrons. The maximum Gasteiger partial charge on any atom is 0.223 e. The number of hydrogen-bond acceptors (Lipinski definition) is 2. The fourth-order valence-corrected chi connectivity index (χ4v) is 4.31. The number of aryl methyl sites for hydroxylation is 1. The van der Waals surface area contributed by atoms with Gasteiger partial charge in [-0.05, 0) is 50.2 Å². The van der Waals surface area contributed by atoms with Crippen LogP contribution in [0.2, 0.25) is 0 Å². The molecule has 1 saturated carbocycles. The normalized spacial score (nSPS) is 31.7. The van der Waals surface area contributed by atoms with Gasteiger partial charge in [-0.2, -0.15) is 0 Å². The van der Waals surface area contributed by atoms with Gasteiger partial charge in [0.25, 0.3) is 0 Å². The lowest BCUT2D eigenvalue weighted by Crippen LogP contribution is -2.37. The minimum atomic E-state index is 0.231. The maximum atomic E-state index is 12.7. The Balaban J connectivity index is 1.65. The van der Waals surface area contributed by atoms with Gasteiger partial charge < -0.3 is 10.6 Å². The van der Waals surface area contributed by atoms with E-state index in [1.54, 1.807) is 0 Å². The zero-order chi connectivity index (χ0) is 15.7. The molecule has 0 aromatic heterocycles. The summed E-state index contributed by atoms with van der Waals surface area (Å²) in [6.07, 6.45) is 5.11. The van der Waals surface area contributed by atoms with Crippen LogP contribution >= 0.6 is 0 Å². The predicted octanol–water partition coefficient (Wildman–Crippen LogP) is 3.22. The quantitative estimate of drug-likeness (QED) is 0.931. The lowest BCUT2D eigenvalue weighted by Gasteiger charge is -2.24. The lowest BCUT2D eigenvalue weighted by atomic mass is 9.93. The molecule has 4 atom stereocenters. The highest BCUT2D eigenvalue weighted by molar-refractivity contribution is 5.77. The Kier molecular flexibility index (Phi) is 4.53. The first-order chi connectivity index (χ1) is 10.6. The Morgan fingerprint density at radius 2 is 2.09 bits per heavy atom. The maximum absolute atomic E-state index is 12.7. The summed E-state index contributed by atoms with van der Waals surface area (Å²) in [5, 5.41) is 0. The summed E-state index contributed by atoms with van der Waals surface area (Å²) in [4.78, 5) is 14.8. The van der Waals surface area contributed by atoms with Crippen LogP contribution in [0.4, 0.5) is 0 Å². The summed E-state index contributed by atoms with van der Waals surface area (Å²) in [7, 11) is 0. The van der Waals surface area contributed by atoms with Crippen molar-refractivity contribution in [1.82, 2.24) is 4.90 Å². The van der Waals surface area contributed by atoms with Crippen molar-refractivity contribution in [2.45, 2.75) is 64.0 Å². The van der Waals surface area contributed by atoms with Crippen molar-refractivity contribution < 1.29 is 4.79 Å². The van der Waals surface area contributed by atoms with Crippen molar-refractivity contribution in [2.75, 3.05) is 6.54 Å². The molecule has 1 aromatic carbocycles. The van der Waals surface area contributed by atoms with Crippen LogP contribution in [0.15, 0.2) is 24.3 Å². The Bertz CT molecular complexity index is 542. The van der Waals surface area contributed by atoms with Crippen LogP contribution in [0.1, 0.15) is 56.1 Å². The number of carbonyl (C=O) groups excluding carboxylic acids is 1. The second kappa shape index (κ2) is 6.41. The Morgan fingerprint density at radius 3 is 2.77 bits per heavy atom. The second-order valence-electron chi connectivity index (χ2n) is 7.24. The molecule has 1 heterocycles. The molecule has 2 fully saturated rings. The van der Waals surface area contributed by atoms with Gasteiger partial charge in [0.1, 0.15) is 0 Å². The molecule has 1 aromatic rings. The molecule has 120 valence electrons. The molecule has 2 unspecified atom stereocenters. The third-order valence-corrected chi connectivity index (χ3v) is 5.68. The average Bonchev–Trinajstić information content (AvgIpc) is 3.06. The van der Waals surface area contributed by atoms with Crippen LogP contribution in [0.25, 0.3) is 0 Å². The van der Waals surface area contributed by atoms with E-state index in [1.807, 2.05) is 0 Å². The van der Waals surface area contributed by atoms with Crippen LogP contribution < -0.4 is 5.73 Å². The summed E-state index contributed by atoms with van der Waals surface area (Å²) in [5.74, 6) is 1.19. The van der Waals surface area contributed by atoms with Crippen LogP contribution in [-0.4, -0.2) is 29.4 Å². The third-order valence-electron chi connectivity index (χ3n) is 5.68. The summed E-state index contributed by atoms with van der Waals surface area (Å²) in [5.41, 5.74) is 8.87. The number of rotatable bonds is 3. The SMILES string of the molecule is Cc1ccccc1C1CC(C)N(C(=O)C[C@@H]2CCC[C@H]2N)C1. The predicted molar refractivity (Wildman–Crippen MR) is 89.6 cm³/mol. The van der Waals surface area contributed by atoms with Gasteiger partial charge in [-0.1, -0.05) is 30.7 Å². The van der Waals surface area contributed by atoms with E-state index in [1.165, 1.54) is 17.5 Å². The standard InChI is InChI=1S/C19H28N2O/c1-13-6-3-4-8-17(13)16-10-14(2)21(12-16)19(22)11-15-7-5-9-18(15)20/h3-4,6,8,14-16,18H,5,7,9-12,20H2,1-2H3/t14?,15-,16?,18+/m0/s1. The monoisotopic (exact) mass is 300 g/mol. The van der Waals surface area contributed by atoms with E-state index in [4.69, 9.17) is 5.73 Å². The number of nitrogens with two attached hydrogens (primary N) is 1. The molecule has 1 amide bonds. The molecule has 3 nitrogen and oxygen atoms in total. The smallest absolute Gasteiger partial charge is 0.223 e. The summed E-state index contributed by atoms with van der Waals surface area (Å²) < 4.78 is 0. The van der Waals surface area contributed by atoms with E-state index in [2.05, 4.69) is 43.0 Å². The topological polar surface area (TPSA) is 46.3 Å². The van der Waals surface area contributed by atoms with Crippen LogP contribution in [0.3, 0.4) is 0 Å². The molecule has 1 saturated heterocycles. The van der Waals surface area contributed by atoms with E-state index >= 15 is 0 Å². The van der Waals surface area contributed by atoms with Gasteiger partial charge in [-0.25, -0.2) is 0 Å². The van der Waals surface area contributed by atoms with Crippen LogP contribution in [0, 0.1) is 12.8 Å². The van der Waals surface area contributed by atoms with E-state index in [9.17, 15) is 4.79 Å². The summed E-state index contributed by atoms with van der Waals surface area (Å²) in [6.45, 7) is 5.22. The number of nitrogens with zero attached hydrogens (tertiary/aromatic N) is 1. The minimum Gasteiger partial charge on any atom is -0.339 e. The second-order valence-corrected chi connectivity index (χ2v) is 7.24. The van der Waals surface area contributed by atoms with Crippen LogP contribution in [0.5, 0.6) is 0 Å². The minimum absolute atomic E-state index is 0.231. The van der Waals surface area contributed by atoms with Crippen molar-refractivity contribution in [3.8, 4) is 0 Å². The van der Waals surface area contributed by atoms with Crippen LogP contribution in [-0.2, 0) is 4.79 Å². The van der Waals surface area contributed by atoms with Crippen molar-refractivity contribution in [3.05, 3.63) is 35.4 Å². The van der Waals surface area contributed by atoms with Gasteiger partial charge in [0, 0.05) is 31.0 Å². The fourth-order valence-electron chi connectivity index (χ4n) is 4.31. The molecule has 3 heteroatoms. The highest BCUT2D eigenvalue weighted by Crippen LogP contribution is 2.35. The number of carbonyl (C=O) groups is 1. The Labute approximate surface area is 133 Å². The lowest BCUT2D eigenvalue weighted by molar-refractivity contribution is -0.132. The zero-order valence-corrected chi connectivity index (χ0v) is 13.8. The molecule has 2 N–H and O–H groups in total. The first-order valence-corrected chi connectivity index (χ1v) is 8.67. The molecular formula is C19H28N2O. The Hall–Kier alpha value is -1.35. The average molecular weight is 300 g/mol. The summed E-state index contributed by atoms with van der Waals surface area (Å²) in [6, 6.07) is 9.15. The molecule has 2 aliphatic rings. The van der Waals surface area contributed by atoms with Gasteiger partial charge in [-0.3, -0.25) is 4.79 Å². The number of amides is 1. The van der Waals surface area contributed by atoms with Crippen molar-refractivity contribution in [1.29, 1.82) is 0 Å². The van der Waals surface area contributed by atoms with Gasteiger partial charge in [0.15, 0.2) is 0 Å². The van der Waals surface area contributed by atoms with E-state index in [-0.39, 0.29) is 6.04 Å². The number of benzene rings is 1. The molecule has 0 bridgehead atoms.